The summed E-state index contributed by atoms with van der Waals surface area (Å²) < 4.78 is 11.0. The van der Waals surface area contributed by atoms with E-state index in [9.17, 15) is 0 Å². The Hall–Kier alpha value is -1.10. The molecule has 1 heterocycles. The van der Waals surface area contributed by atoms with Crippen LogP contribution in [0.1, 0.15) is 18.0 Å². The molecule has 1 aliphatic heterocycles. The summed E-state index contributed by atoms with van der Waals surface area (Å²) in [6.07, 6.45) is 1.25. The van der Waals surface area contributed by atoms with Crippen LogP contribution in [-0.2, 0) is 4.74 Å². The summed E-state index contributed by atoms with van der Waals surface area (Å²) in [4.78, 5) is 0. The number of hydrogen-bond donors (Lipinski definition) is 2. The lowest BCUT2D eigenvalue weighted by atomic mass is 10.00. The standard InChI is InChI=1S/C14H22N2O2/c1-15-14(9-13-10-16-6-7-18-13)11-4-3-5-12(8-11)17-2/h3-5,8,13-16H,6-7,9-10H2,1-2H3. The quantitative estimate of drug-likeness (QED) is 0.827. The van der Waals surface area contributed by atoms with Gasteiger partial charge < -0.3 is 20.1 Å². The lowest BCUT2D eigenvalue weighted by Crippen LogP contribution is -2.40. The Bertz CT molecular complexity index is 365. The summed E-state index contributed by atoms with van der Waals surface area (Å²) in [5, 5.41) is 6.71. The molecule has 1 aromatic rings. The highest BCUT2D eigenvalue weighted by atomic mass is 16.5. The van der Waals surface area contributed by atoms with E-state index in [0.29, 0.717) is 6.04 Å². The molecular formula is C14H22N2O2. The van der Waals surface area contributed by atoms with Crippen molar-refractivity contribution in [1.82, 2.24) is 10.6 Å². The molecule has 4 heteroatoms. The molecule has 0 spiro atoms. The van der Waals surface area contributed by atoms with Gasteiger partial charge in [0.1, 0.15) is 5.75 Å². The van der Waals surface area contributed by atoms with Crippen LogP contribution in [0, 0.1) is 0 Å². The number of rotatable bonds is 5. The first kappa shape index (κ1) is 13.3. The molecule has 0 aromatic heterocycles. The Morgan fingerprint density at radius 3 is 3.11 bits per heavy atom. The molecule has 0 saturated carbocycles. The molecule has 2 unspecified atom stereocenters. The van der Waals surface area contributed by atoms with E-state index in [-0.39, 0.29) is 6.10 Å². The molecule has 2 atom stereocenters. The highest BCUT2D eigenvalue weighted by molar-refractivity contribution is 5.30. The third-order valence-electron chi connectivity index (χ3n) is 3.35. The zero-order valence-electron chi connectivity index (χ0n) is 11.1. The minimum atomic E-state index is 0.280. The van der Waals surface area contributed by atoms with E-state index < -0.39 is 0 Å². The highest BCUT2D eigenvalue weighted by Gasteiger charge is 2.19. The van der Waals surface area contributed by atoms with Gasteiger partial charge in [-0.05, 0) is 31.2 Å². The van der Waals surface area contributed by atoms with Gasteiger partial charge in [-0.25, -0.2) is 0 Å². The number of methoxy groups -OCH3 is 1. The van der Waals surface area contributed by atoms with Crippen LogP contribution in [0.3, 0.4) is 0 Å². The number of morpholine rings is 1. The van der Waals surface area contributed by atoms with Gasteiger partial charge in [-0.1, -0.05) is 12.1 Å². The number of benzene rings is 1. The largest absolute Gasteiger partial charge is 0.497 e. The van der Waals surface area contributed by atoms with Crippen molar-refractivity contribution < 1.29 is 9.47 Å². The summed E-state index contributed by atoms with van der Waals surface area (Å²) in [7, 11) is 3.68. The number of hydrogen-bond acceptors (Lipinski definition) is 4. The lowest BCUT2D eigenvalue weighted by molar-refractivity contribution is 0.0176. The van der Waals surface area contributed by atoms with E-state index in [0.717, 1.165) is 31.9 Å². The maximum absolute atomic E-state index is 5.75. The SMILES string of the molecule is CNC(CC1CNCCO1)c1cccc(OC)c1. The topological polar surface area (TPSA) is 42.5 Å². The van der Waals surface area contributed by atoms with Crippen LogP contribution in [0.5, 0.6) is 5.75 Å². The van der Waals surface area contributed by atoms with Crippen LogP contribution in [0.15, 0.2) is 24.3 Å². The van der Waals surface area contributed by atoms with Crippen LogP contribution >= 0.6 is 0 Å². The molecule has 18 heavy (non-hydrogen) atoms. The van der Waals surface area contributed by atoms with E-state index in [1.807, 2.05) is 19.2 Å². The normalized spacial score (nSPS) is 21.6. The molecule has 1 fully saturated rings. The average molecular weight is 250 g/mol. The zero-order chi connectivity index (χ0) is 12.8. The third kappa shape index (κ3) is 3.45. The van der Waals surface area contributed by atoms with Crippen LogP contribution in [-0.4, -0.2) is 40.0 Å². The zero-order valence-corrected chi connectivity index (χ0v) is 11.1. The van der Waals surface area contributed by atoms with Crippen molar-refractivity contribution in [2.24, 2.45) is 0 Å². The minimum absolute atomic E-state index is 0.280. The first-order chi connectivity index (χ1) is 8.83. The fourth-order valence-corrected chi connectivity index (χ4v) is 2.31. The predicted molar refractivity (Wildman–Crippen MR) is 72.0 cm³/mol. The molecule has 2 N–H and O–H groups in total. The highest BCUT2D eigenvalue weighted by Crippen LogP contribution is 2.23. The van der Waals surface area contributed by atoms with Crippen molar-refractivity contribution in [3.05, 3.63) is 29.8 Å². The van der Waals surface area contributed by atoms with Crippen molar-refractivity contribution in [1.29, 1.82) is 0 Å². The van der Waals surface area contributed by atoms with Gasteiger partial charge in [0.25, 0.3) is 0 Å². The first-order valence-corrected chi connectivity index (χ1v) is 6.47. The van der Waals surface area contributed by atoms with Gasteiger partial charge in [0.2, 0.25) is 0 Å². The Labute approximate surface area is 109 Å². The van der Waals surface area contributed by atoms with E-state index in [4.69, 9.17) is 9.47 Å². The van der Waals surface area contributed by atoms with Gasteiger partial charge in [0, 0.05) is 19.1 Å². The molecule has 1 saturated heterocycles. The Morgan fingerprint density at radius 2 is 2.44 bits per heavy atom. The smallest absolute Gasteiger partial charge is 0.119 e. The van der Waals surface area contributed by atoms with Crippen molar-refractivity contribution in [3.8, 4) is 5.75 Å². The third-order valence-corrected chi connectivity index (χ3v) is 3.35. The van der Waals surface area contributed by atoms with Gasteiger partial charge in [0.15, 0.2) is 0 Å². The van der Waals surface area contributed by atoms with E-state index in [1.54, 1.807) is 7.11 Å². The Kier molecular flexibility index (Phi) is 4.99. The fourth-order valence-electron chi connectivity index (χ4n) is 2.31. The molecule has 1 aliphatic rings. The molecule has 100 valence electrons. The molecule has 1 aromatic carbocycles. The summed E-state index contributed by atoms with van der Waals surface area (Å²) in [6, 6.07) is 8.50. The van der Waals surface area contributed by atoms with Crippen LogP contribution in [0.2, 0.25) is 0 Å². The average Bonchev–Trinajstić information content (AvgIpc) is 2.46. The maximum atomic E-state index is 5.75. The summed E-state index contributed by atoms with van der Waals surface area (Å²) >= 11 is 0. The van der Waals surface area contributed by atoms with Gasteiger partial charge in [-0.3, -0.25) is 0 Å². The second-order valence-corrected chi connectivity index (χ2v) is 4.55. The van der Waals surface area contributed by atoms with Crippen LogP contribution < -0.4 is 15.4 Å². The van der Waals surface area contributed by atoms with E-state index in [1.165, 1.54) is 5.56 Å². The van der Waals surface area contributed by atoms with Crippen molar-refractivity contribution in [2.75, 3.05) is 33.9 Å². The van der Waals surface area contributed by atoms with E-state index >= 15 is 0 Å². The van der Waals surface area contributed by atoms with Crippen molar-refractivity contribution in [3.63, 3.8) is 0 Å². The summed E-state index contributed by atoms with van der Waals surface area (Å²) in [6.45, 7) is 2.70. The molecule has 0 amide bonds. The van der Waals surface area contributed by atoms with Crippen molar-refractivity contribution in [2.45, 2.75) is 18.6 Å². The Balaban J connectivity index is 2.02. The maximum Gasteiger partial charge on any atom is 0.119 e. The molecule has 2 rings (SSSR count). The second kappa shape index (κ2) is 6.73. The number of nitrogens with one attached hydrogen (secondary N) is 2. The summed E-state index contributed by atoms with van der Waals surface area (Å²) in [5.41, 5.74) is 1.24. The monoisotopic (exact) mass is 250 g/mol. The van der Waals surface area contributed by atoms with Gasteiger partial charge >= 0.3 is 0 Å². The van der Waals surface area contributed by atoms with E-state index in [2.05, 4.69) is 22.8 Å². The first-order valence-electron chi connectivity index (χ1n) is 6.47. The van der Waals surface area contributed by atoms with Gasteiger partial charge in [-0.15, -0.1) is 0 Å². The fraction of sp³-hybridized carbons (Fsp3) is 0.571. The number of ether oxygens (including phenoxy) is 2. The minimum Gasteiger partial charge on any atom is -0.497 e. The Morgan fingerprint density at radius 1 is 1.56 bits per heavy atom. The molecule has 0 aliphatic carbocycles. The molecule has 0 radical (unpaired) electrons. The summed E-state index contributed by atoms with van der Waals surface area (Å²) in [5.74, 6) is 0.899. The van der Waals surface area contributed by atoms with Gasteiger partial charge in [-0.2, -0.15) is 0 Å². The van der Waals surface area contributed by atoms with Crippen molar-refractivity contribution >= 4 is 0 Å². The van der Waals surface area contributed by atoms with Gasteiger partial charge in [0.05, 0.1) is 19.8 Å². The molecule has 4 nitrogen and oxygen atoms in total. The second-order valence-electron chi connectivity index (χ2n) is 4.55. The predicted octanol–water partition coefficient (Wildman–Crippen LogP) is 1.33. The lowest BCUT2D eigenvalue weighted by Gasteiger charge is -2.27. The van der Waals surface area contributed by atoms with Crippen LogP contribution in [0.4, 0.5) is 0 Å². The molecular weight excluding hydrogens is 228 g/mol. The van der Waals surface area contributed by atoms with Crippen LogP contribution in [0.25, 0.3) is 0 Å². The molecule has 0 bridgehead atoms.